The molecule has 2 aliphatic heterocycles. The van der Waals surface area contributed by atoms with Crippen molar-refractivity contribution in [2.24, 2.45) is 5.92 Å². The molecular formula is C32H47N5O6. The molecule has 0 bridgehead atoms. The zero-order valence-electron chi connectivity index (χ0n) is 25.8. The zero-order valence-corrected chi connectivity index (χ0v) is 25.8. The molecule has 0 aliphatic carbocycles. The summed E-state index contributed by atoms with van der Waals surface area (Å²) in [4.78, 5) is 62.5. The number of hydrogen-bond acceptors (Lipinski definition) is 6. The maximum absolute atomic E-state index is 14.0. The summed E-state index contributed by atoms with van der Waals surface area (Å²) in [6, 6.07) is 4.21. The summed E-state index contributed by atoms with van der Waals surface area (Å²) in [5.74, 6) is -1.70. The summed E-state index contributed by atoms with van der Waals surface area (Å²) >= 11 is 0. The van der Waals surface area contributed by atoms with Gasteiger partial charge in [-0.3, -0.25) is 19.2 Å². The van der Waals surface area contributed by atoms with E-state index in [9.17, 15) is 24.3 Å². The third-order valence-corrected chi connectivity index (χ3v) is 8.88. The average Bonchev–Trinajstić information content (AvgIpc) is 3.36. The number of aliphatic hydroxyl groups is 1. The largest absolute Gasteiger partial charge is 0.417 e. The van der Waals surface area contributed by atoms with Gasteiger partial charge in [-0.05, 0) is 56.6 Å². The van der Waals surface area contributed by atoms with Gasteiger partial charge in [-0.1, -0.05) is 51.3 Å². The first kappa shape index (κ1) is 32.3. The fourth-order valence-corrected chi connectivity index (χ4v) is 6.14. The van der Waals surface area contributed by atoms with E-state index in [1.807, 2.05) is 38.1 Å². The Balaban J connectivity index is 1.70. The van der Waals surface area contributed by atoms with Crippen molar-refractivity contribution in [2.75, 3.05) is 13.7 Å². The van der Waals surface area contributed by atoms with Crippen LogP contribution in [0, 0.1) is 5.92 Å². The van der Waals surface area contributed by atoms with Crippen LogP contribution in [-0.4, -0.2) is 82.3 Å². The first-order valence-corrected chi connectivity index (χ1v) is 15.7. The van der Waals surface area contributed by atoms with Gasteiger partial charge >= 0.3 is 0 Å². The SMILES string of the molecule is CC[C@H](C)[C@@H]1NC(=O)[C@H](Cc2cn(OC)c3ccccc23)NC(=O)[C@H](CCCCC(C)O)NC(=O)[C@H]2CCCCN2C1=O. The maximum Gasteiger partial charge on any atom is 0.246 e. The second kappa shape index (κ2) is 14.7. The highest BCUT2D eigenvalue weighted by atomic mass is 16.6. The van der Waals surface area contributed by atoms with Gasteiger partial charge in [-0.2, -0.15) is 4.73 Å². The summed E-state index contributed by atoms with van der Waals surface area (Å²) in [6.07, 6.45) is 6.42. The number of aromatic nitrogens is 1. The van der Waals surface area contributed by atoms with Crippen molar-refractivity contribution in [3.8, 4) is 0 Å². The summed E-state index contributed by atoms with van der Waals surface area (Å²) in [5.41, 5.74) is 1.62. The number of nitrogens with one attached hydrogen (secondary N) is 3. The lowest BCUT2D eigenvalue weighted by molar-refractivity contribution is -0.147. The Morgan fingerprint density at radius 1 is 0.977 bits per heavy atom. The maximum atomic E-state index is 14.0. The monoisotopic (exact) mass is 597 g/mol. The number of hydrogen-bond donors (Lipinski definition) is 4. The number of rotatable bonds is 10. The molecule has 2 saturated heterocycles. The minimum absolute atomic E-state index is 0.158. The predicted molar refractivity (Wildman–Crippen MR) is 163 cm³/mol. The van der Waals surface area contributed by atoms with E-state index in [0.29, 0.717) is 45.1 Å². The smallest absolute Gasteiger partial charge is 0.246 e. The normalized spacial score (nSPS) is 25.1. The van der Waals surface area contributed by atoms with E-state index in [2.05, 4.69) is 16.0 Å². The van der Waals surface area contributed by atoms with Crippen LogP contribution in [0.1, 0.15) is 77.7 Å². The number of aliphatic hydroxyl groups excluding tert-OH is 1. The van der Waals surface area contributed by atoms with Crippen molar-refractivity contribution < 1.29 is 29.1 Å². The molecule has 0 radical (unpaired) electrons. The molecule has 2 fully saturated rings. The molecule has 4 rings (SSSR count). The Labute approximate surface area is 253 Å². The van der Waals surface area contributed by atoms with Gasteiger partial charge in [-0.15, -0.1) is 0 Å². The minimum Gasteiger partial charge on any atom is -0.417 e. The molecule has 4 N–H and O–H groups in total. The Hall–Kier alpha value is -3.60. The molecule has 11 nitrogen and oxygen atoms in total. The van der Waals surface area contributed by atoms with E-state index in [-0.39, 0.29) is 24.2 Å². The number of para-hydroxylation sites is 1. The van der Waals surface area contributed by atoms with Gasteiger partial charge in [0.25, 0.3) is 0 Å². The number of unbranched alkanes of at least 4 members (excludes halogenated alkanes) is 1. The summed E-state index contributed by atoms with van der Waals surface area (Å²) in [5, 5.41) is 19.4. The van der Waals surface area contributed by atoms with Crippen LogP contribution in [0.15, 0.2) is 30.5 Å². The number of nitrogens with zero attached hydrogens (tertiary/aromatic N) is 2. The van der Waals surface area contributed by atoms with E-state index in [1.54, 1.807) is 29.9 Å². The Kier molecular flexibility index (Phi) is 11.1. The van der Waals surface area contributed by atoms with Gasteiger partial charge in [0, 0.05) is 24.5 Å². The molecule has 1 unspecified atom stereocenters. The van der Waals surface area contributed by atoms with Crippen LogP contribution in [0.2, 0.25) is 0 Å². The van der Waals surface area contributed by atoms with Crippen molar-refractivity contribution >= 4 is 34.5 Å². The lowest BCUT2D eigenvalue weighted by Crippen LogP contribution is -2.64. The van der Waals surface area contributed by atoms with E-state index in [0.717, 1.165) is 29.3 Å². The van der Waals surface area contributed by atoms with Crippen LogP contribution in [0.3, 0.4) is 0 Å². The Bertz CT molecular complexity index is 1290. The molecule has 3 heterocycles. The number of fused-ring (bicyclic) bond motifs is 2. The zero-order chi connectivity index (χ0) is 31.1. The van der Waals surface area contributed by atoms with Crippen LogP contribution < -0.4 is 20.8 Å². The first-order chi connectivity index (χ1) is 20.6. The van der Waals surface area contributed by atoms with Crippen LogP contribution in [-0.2, 0) is 25.6 Å². The molecule has 2 aliphatic rings. The second-order valence-electron chi connectivity index (χ2n) is 12.1. The van der Waals surface area contributed by atoms with Crippen molar-refractivity contribution in [2.45, 2.75) is 109 Å². The van der Waals surface area contributed by atoms with E-state index >= 15 is 0 Å². The minimum atomic E-state index is -1.00. The van der Waals surface area contributed by atoms with Crippen molar-refractivity contribution in [3.63, 3.8) is 0 Å². The average molecular weight is 598 g/mol. The molecule has 1 aromatic heterocycles. The number of benzene rings is 1. The lowest BCUT2D eigenvalue weighted by atomic mass is 9.93. The van der Waals surface area contributed by atoms with Gasteiger partial charge in [0.2, 0.25) is 23.6 Å². The quantitative estimate of drug-likeness (QED) is 0.309. The topological polar surface area (TPSA) is 142 Å². The molecule has 0 spiro atoms. The van der Waals surface area contributed by atoms with Gasteiger partial charge < -0.3 is 30.8 Å². The fourth-order valence-electron chi connectivity index (χ4n) is 6.14. The molecular weight excluding hydrogens is 550 g/mol. The number of carbonyl (C=O) groups is 4. The summed E-state index contributed by atoms with van der Waals surface area (Å²) < 4.78 is 1.62. The summed E-state index contributed by atoms with van der Waals surface area (Å²) in [6.45, 7) is 6.01. The number of carbonyl (C=O) groups excluding carboxylic acids is 4. The molecule has 236 valence electrons. The standard InChI is InChI=1S/C32H47N5O6/c1-5-20(2)28-32(42)36-17-11-10-16-27(36)31(41)33-24(14-8-6-12-21(3)38)29(39)34-25(30(40)35-28)18-22-19-37(43-4)26-15-9-7-13-23(22)26/h7,9,13,15,19-21,24-25,27-28,38H,5-6,8,10-12,14,16-18H2,1-4H3,(H,33,41)(H,34,39)(H,35,40)/t20-,21?,24-,25-,27+,28-/m0/s1. The van der Waals surface area contributed by atoms with Gasteiger partial charge in [0.1, 0.15) is 31.3 Å². The van der Waals surface area contributed by atoms with Crippen LogP contribution in [0.5, 0.6) is 0 Å². The first-order valence-electron chi connectivity index (χ1n) is 15.7. The van der Waals surface area contributed by atoms with E-state index < -0.39 is 42.1 Å². The molecule has 4 amide bonds. The van der Waals surface area contributed by atoms with Crippen molar-refractivity contribution in [1.82, 2.24) is 25.6 Å². The third kappa shape index (κ3) is 7.68. The molecule has 0 saturated carbocycles. The molecule has 6 atom stereocenters. The van der Waals surface area contributed by atoms with E-state index in [1.165, 1.54) is 0 Å². The molecule has 11 heteroatoms. The molecule has 43 heavy (non-hydrogen) atoms. The predicted octanol–water partition coefficient (Wildman–Crippen LogP) is 2.08. The van der Waals surface area contributed by atoms with Crippen LogP contribution in [0.25, 0.3) is 10.9 Å². The summed E-state index contributed by atoms with van der Waals surface area (Å²) in [7, 11) is 1.56. The van der Waals surface area contributed by atoms with E-state index in [4.69, 9.17) is 4.84 Å². The van der Waals surface area contributed by atoms with Crippen molar-refractivity contribution in [1.29, 1.82) is 0 Å². The number of piperidine rings is 1. The van der Waals surface area contributed by atoms with Crippen LogP contribution >= 0.6 is 0 Å². The van der Waals surface area contributed by atoms with Crippen LogP contribution in [0.4, 0.5) is 0 Å². The highest BCUT2D eigenvalue weighted by Crippen LogP contribution is 2.24. The Morgan fingerprint density at radius 2 is 1.70 bits per heavy atom. The van der Waals surface area contributed by atoms with Gasteiger partial charge in [0.05, 0.1) is 11.6 Å². The van der Waals surface area contributed by atoms with Gasteiger partial charge in [0.15, 0.2) is 0 Å². The van der Waals surface area contributed by atoms with Gasteiger partial charge in [-0.25, -0.2) is 0 Å². The molecule has 2 aromatic rings. The highest BCUT2D eigenvalue weighted by Gasteiger charge is 2.40. The van der Waals surface area contributed by atoms with Crippen molar-refractivity contribution in [3.05, 3.63) is 36.0 Å². The number of amides is 4. The Morgan fingerprint density at radius 3 is 2.42 bits per heavy atom. The molecule has 1 aromatic carbocycles. The fraction of sp³-hybridized carbons (Fsp3) is 0.625. The second-order valence-corrected chi connectivity index (χ2v) is 12.1. The third-order valence-electron chi connectivity index (χ3n) is 8.88. The lowest BCUT2D eigenvalue weighted by Gasteiger charge is -2.39. The highest BCUT2D eigenvalue weighted by molar-refractivity contribution is 5.98.